The largest absolute Gasteiger partial charge is 0.404 e. The van der Waals surface area contributed by atoms with Crippen molar-refractivity contribution in [1.82, 2.24) is 4.99 Å². The van der Waals surface area contributed by atoms with Gasteiger partial charge in [0.25, 0.3) is 0 Å². The van der Waals surface area contributed by atoms with Gasteiger partial charge < -0.3 is 4.74 Å². The Balaban J connectivity index is 2.63. The molecule has 0 aromatic heterocycles. The van der Waals surface area contributed by atoms with Gasteiger partial charge in [0, 0.05) is 6.07 Å². The molecule has 0 saturated heterocycles. The van der Waals surface area contributed by atoms with Crippen molar-refractivity contribution in [3.05, 3.63) is 24.3 Å². The van der Waals surface area contributed by atoms with Gasteiger partial charge in [0.1, 0.15) is 4.99 Å². The molecular weight excluding hydrogens is 114 g/mol. The smallest absolute Gasteiger partial charge is 0.399 e. The first-order valence-electron chi connectivity index (χ1n) is 2.75. The van der Waals surface area contributed by atoms with Crippen molar-refractivity contribution in [1.29, 1.82) is 0 Å². The van der Waals surface area contributed by atoms with Crippen LogP contribution in [0.25, 0.3) is 0 Å². The summed E-state index contributed by atoms with van der Waals surface area (Å²) in [4.78, 5) is 3.95. The highest BCUT2D eigenvalue weighted by Crippen LogP contribution is 2.24. The molecule has 2 nitrogen and oxygen atoms in total. The fourth-order valence-electron chi connectivity index (χ4n) is 0.803. The third-order valence-electron chi connectivity index (χ3n) is 1.24. The molecule has 0 amide bonds. The van der Waals surface area contributed by atoms with Crippen molar-refractivity contribution in [3.63, 3.8) is 0 Å². The van der Waals surface area contributed by atoms with E-state index in [9.17, 15) is 0 Å². The summed E-state index contributed by atoms with van der Waals surface area (Å²) in [7, 11) is 0. The zero-order chi connectivity index (χ0) is 6.10. The van der Waals surface area contributed by atoms with E-state index >= 15 is 0 Å². The third-order valence-corrected chi connectivity index (χ3v) is 1.24. The van der Waals surface area contributed by atoms with Crippen LogP contribution in [0.2, 0.25) is 0 Å². The Morgan fingerprint density at radius 1 is 1.22 bits per heavy atom. The zero-order valence-electron chi connectivity index (χ0n) is 4.74. The van der Waals surface area contributed by atoms with Crippen molar-refractivity contribution >= 4 is 12.1 Å². The van der Waals surface area contributed by atoms with Crippen molar-refractivity contribution in [3.8, 4) is 5.75 Å². The third kappa shape index (κ3) is 0.598. The van der Waals surface area contributed by atoms with E-state index in [2.05, 4.69) is 4.99 Å². The van der Waals surface area contributed by atoms with Gasteiger partial charge >= 0.3 is 12.1 Å². The van der Waals surface area contributed by atoms with Gasteiger partial charge in [-0.1, -0.05) is 12.1 Å². The molecule has 1 aromatic rings. The minimum atomic E-state index is 0.845. The van der Waals surface area contributed by atoms with Gasteiger partial charge in [-0.2, -0.15) is 0 Å². The number of ether oxygens (including phenoxy) is 1. The standard InChI is InChI=1S/C7H5NO/c1-2-4-7-6(3-1)8-5-9-7/h1-5H/q+1. The fraction of sp³-hybridized carbons (Fsp3) is 0. The maximum Gasteiger partial charge on any atom is 0.404 e. The topological polar surface area (TPSA) is 23.3 Å². The predicted molar refractivity (Wildman–Crippen MR) is 34.9 cm³/mol. The Labute approximate surface area is 52.8 Å². The molecule has 1 aromatic carbocycles. The maximum absolute atomic E-state index is 5.01. The van der Waals surface area contributed by atoms with E-state index in [1.165, 1.54) is 6.40 Å². The molecule has 0 saturated carbocycles. The lowest BCUT2D eigenvalue weighted by atomic mass is 10.3. The van der Waals surface area contributed by atoms with Gasteiger partial charge in [-0.25, -0.2) is 0 Å². The van der Waals surface area contributed by atoms with E-state index in [0.717, 1.165) is 11.4 Å². The van der Waals surface area contributed by atoms with Crippen molar-refractivity contribution in [2.45, 2.75) is 0 Å². The Morgan fingerprint density at radius 2 is 2.11 bits per heavy atom. The summed E-state index contributed by atoms with van der Waals surface area (Å²) in [5.74, 6) is 0.845. The lowest BCUT2D eigenvalue weighted by molar-refractivity contribution is 0.592. The van der Waals surface area contributed by atoms with Crippen molar-refractivity contribution in [2.24, 2.45) is 0 Å². The van der Waals surface area contributed by atoms with Gasteiger partial charge in [0.2, 0.25) is 5.75 Å². The lowest BCUT2D eigenvalue weighted by Crippen LogP contribution is -1.81. The predicted octanol–water partition coefficient (Wildman–Crippen LogP) is 1.07. The normalized spacial score (nSPS) is 12.9. The molecule has 1 aliphatic rings. The highest BCUT2D eigenvalue weighted by molar-refractivity contribution is 5.68. The van der Waals surface area contributed by atoms with Crippen LogP contribution in [0.5, 0.6) is 5.75 Å². The van der Waals surface area contributed by atoms with Crippen LogP contribution in [0.3, 0.4) is 0 Å². The summed E-state index contributed by atoms with van der Waals surface area (Å²) in [5, 5.41) is 0. The number of aliphatic imine (C=N–C) groups is 1. The van der Waals surface area contributed by atoms with Crippen molar-refractivity contribution in [2.75, 3.05) is 0 Å². The van der Waals surface area contributed by atoms with Crippen LogP contribution < -0.4 is 9.73 Å². The summed E-state index contributed by atoms with van der Waals surface area (Å²) in [5.41, 5.74) is 0.914. The fourth-order valence-corrected chi connectivity index (χ4v) is 0.803. The second-order valence-corrected chi connectivity index (χ2v) is 1.82. The number of hydrogen-bond acceptors (Lipinski definition) is 2. The van der Waals surface area contributed by atoms with Crippen LogP contribution in [-0.2, 0) is 0 Å². The lowest BCUT2D eigenvalue weighted by Gasteiger charge is -1.83. The van der Waals surface area contributed by atoms with Crippen LogP contribution in [0, 0.1) is 0 Å². The summed E-state index contributed by atoms with van der Waals surface area (Å²) >= 11 is 0. The highest BCUT2D eigenvalue weighted by atomic mass is 16.5. The average Bonchev–Trinajstić information content (AvgIpc) is 2.33. The molecule has 0 aliphatic carbocycles. The summed E-state index contributed by atoms with van der Waals surface area (Å²) in [6.45, 7) is 0. The van der Waals surface area contributed by atoms with Crippen LogP contribution in [0.4, 0.5) is 5.69 Å². The summed E-state index contributed by atoms with van der Waals surface area (Å²) in [6.07, 6.45) is 1.45. The van der Waals surface area contributed by atoms with E-state index in [4.69, 9.17) is 4.74 Å². The van der Waals surface area contributed by atoms with Crippen LogP contribution >= 0.6 is 0 Å². The number of para-hydroxylation sites is 2. The molecule has 9 heavy (non-hydrogen) atoms. The summed E-state index contributed by atoms with van der Waals surface area (Å²) in [6, 6.07) is 7.67. The Morgan fingerprint density at radius 3 is 3.00 bits per heavy atom. The van der Waals surface area contributed by atoms with Gasteiger partial charge in [-0.3, -0.25) is 0 Å². The molecule has 43 valence electrons. The van der Waals surface area contributed by atoms with E-state index in [-0.39, 0.29) is 0 Å². The molecule has 0 bridgehead atoms. The Hall–Kier alpha value is -1.31. The Bertz CT molecular complexity index is 255. The number of nitrogens with zero attached hydrogens (tertiary/aromatic N) is 1. The number of fused-ring (bicyclic) bond motifs is 1. The van der Waals surface area contributed by atoms with E-state index < -0.39 is 0 Å². The molecular formula is C7H5NO+. The van der Waals surface area contributed by atoms with E-state index in [0.29, 0.717) is 0 Å². The second-order valence-electron chi connectivity index (χ2n) is 1.82. The Kier molecular flexibility index (Phi) is 0.803. The minimum Gasteiger partial charge on any atom is -0.399 e. The van der Waals surface area contributed by atoms with Crippen LogP contribution in [0.1, 0.15) is 0 Å². The molecule has 1 aliphatic heterocycles. The van der Waals surface area contributed by atoms with Crippen LogP contribution in [-0.4, -0.2) is 6.40 Å². The molecule has 2 heteroatoms. The van der Waals surface area contributed by atoms with Gasteiger partial charge in [-0.05, 0) is 6.07 Å². The van der Waals surface area contributed by atoms with Gasteiger partial charge in [-0.15, -0.1) is 0 Å². The van der Waals surface area contributed by atoms with E-state index in [1.54, 1.807) is 0 Å². The molecule has 1 radical (unpaired) electrons. The molecule has 0 atom stereocenters. The van der Waals surface area contributed by atoms with Crippen LogP contribution in [0.15, 0.2) is 24.3 Å². The molecule has 0 spiro atoms. The molecule has 0 fully saturated rings. The van der Waals surface area contributed by atoms with Gasteiger partial charge in [0.05, 0.1) is 0 Å². The van der Waals surface area contributed by atoms with Gasteiger partial charge in [0.15, 0.2) is 0 Å². The first kappa shape index (κ1) is 4.56. The quantitative estimate of drug-likeness (QED) is 0.501. The van der Waals surface area contributed by atoms with E-state index in [1.807, 2.05) is 24.3 Å². The number of hydrogen-bond donors (Lipinski definition) is 0. The summed E-state index contributed by atoms with van der Waals surface area (Å²) < 4.78 is 5.01. The minimum absolute atomic E-state index is 0.845. The second kappa shape index (κ2) is 1.58. The first-order valence-corrected chi connectivity index (χ1v) is 2.75. The van der Waals surface area contributed by atoms with Crippen molar-refractivity contribution < 1.29 is 4.74 Å². The SMILES string of the molecule is C1=[N+]c2ccccc2O1. The first-order chi connectivity index (χ1) is 4.47. The highest BCUT2D eigenvalue weighted by Gasteiger charge is 2.17. The average molecular weight is 119 g/mol. The monoisotopic (exact) mass is 119 g/mol. The number of benzene rings is 1. The molecule has 1 heterocycles. The molecule has 2 rings (SSSR count). The number of rotatable bonds is 0. The molecule has 0 unspecified atom stereocenters. The zero-order valence-corrected chi connectivity index (χ0v) is 4.74. The maximum atomic E-state index is 5.01. The molecule has 0 N–H and O–H groups in total.